The molecule has 0 saturated carbocycles. The Labute approximate surface area is 92.9 Å². The molecule has 1 aliphatic heterocycles. The average Bonchev–Trinajstić information content (AvgIpc) is 2.70. The van der Waals surface area contributed by atoms with Gasteiger partial charge in [0.15, 0.2) is 5.78 Å². The van der Waals surface area contributed by atoms with Gasteiger partial charge in [0.2, 0.25) is 0 Å². The van der Waals surface area contributed by atoms with Crippen molar-refractivity contribution in [1.82, 2.24) is 4.90 Å². The van der Waals surface area contributed by atoms with Crippen LogP contribution in [0.5, 0.6) is 0 Å². The SMILES string of the molecule is O=C(CN1CCCC1)c1c(F)cccc1F. The molecule has 2 nitrogen and oxygen atoms in total. The van der Waals surface area contributed by atoms with E-state index in [1.807, 2.05) is 4.90 Å². The maximum atomic E-state index is 13.3. The van der Waals surface area contributed by atoms with Gasteiger partial charge in [0.1, 0.15) is 11.6 Å². The van der Waals surface area contributed by atoms with Gasteiger partial charge in [-0.15, -0.1) is 0 Å². The van der Waals surface area contributed by atoms with Gasteiger partial charge in [-0.2, -0.15) is 0 Å². The second kappa shape index (κ2) is 4.70. The van der Waals surface area contributed by atoms with Gasteiger partial charge in [-0.25, -0.2) is 8.78 Å². The summed E-state index contributed by atoms with van der Waals surface area (Å²) in [7, 11) is 0. The number of carbonyl (C=O) groups is 1. The van der Waals surface area contributed by atoms with Crippen LogP contribution < -0.4 is 0 Å². The number of ketones is 1. The van der Waals surface area contributed by atoms with Crippen LogP contribution >= 0.6 is 0 Å². The third-order valence-electron chi connectivity index (χ3n) is 2.81. The molecule has 2 rings (SSSR count). The number of hydrogen-bond donors (Lipinski definition) is 0. The highest BCUT2D eigenvalue weighted by Gasteiger charge is 2.21. The molecule has 1 aromatic rings. The summed E-state index contributed by atoms with van der Waals surface area (Å²) in [4.78, 5) is 13.6. The third kappa shape index (κ3) is 2.27. The van der Waals surface area contributed by atoms with Crippen LogP contribution in [0.15, 0.2) is 18.2 Å². The molecule has 86 valence electrons. The first-order valence-corrected chi connectivity index (χ1v) is 5.38. The van der Waals surface area contributed by atoms with E-state index in [1.165, 1.54) is 6.07 Å². The van der Waals surface area contributed by atoms with Crippen LogP contribution in [-0.4, -0.2) is 30.3 Å². The Morgan fingerprint density at radius 3 is 2.31 bits per heavy atom. The predicted molar refractivity (Wildman–Crippen MR) is 56.4 cm³/mol. The number of carbonyl (C=O) groups excluding carboxylic acids is 1. The lowest BCUT2D eigenvalue weighted by Gasteiger charge is -2.13. The van der Waals surface area contributed by atoms with E-state index in [1.54, 1.807) is 0 Å². The molecule has 0 aliphatic carbocycles. The summed E-state index contributed by atoms with van der Waals surface area (Å²) >= 11 is 0. The zero-order valence-electron chi connectivity index (χ0n) is 8.88. The first-order chi connectivity index (χ1) is 7.68. The van der Waals surface area contributed by atoms with Crippen LogP contribution in [0.25, 0.3) is 0 Å². The number of rotatable bonds is 3. The number of Topliss-reactive ketones (excluding diaryl/α,β-unsaturated/α-hetero) is 1. The maximum Gasteiger partial charge on any atom is 0.182 e. The van der Waals surface area contributed by atoms with Gasteiger partial charge in [-0.1, -0.05) is 6.07 Å². The lowest BCUT2D eigenvalue weighted by molar-refractivity contribution is 0.0937. The maximum absolute atomic E-state index is 13.3. The molecule has 1 fully saturated rings. The Morgan fingerprint density at radius 1 is 1.19 bits per heavy atom. The molecular weight excluding hydrogens is 212 g/mol. The Bertz CT molecular complexity index is 380. The minimum Gasteiger partial charge on any atom is -0.296 e. The van der Waals surface area contributed by atoms with E-state index in [-0.39, 0.29) is 6.54 Å². The lowest BCUT2D eigenvalue weighted by atomic mass is 10.1. The molecule has 0 spiro atoms. The van der Waals surface area contributed by atoms with Gasteiger partial charge in [-0.05, 0) is 38.1 Å². The molecular formula is C12H13F2NO. The van der Waals surface area contributed by atoms with Crippen molar-refractivity contribution in [2.24, 2.45) is 0 Å². The number of halogens is 2. The van der Waals surface area contributed by atoms with Gasteiger partial charge in [-0.3, -0.25) is 9.69 Å². The summed E-state index contributed by atoms with van der Waals surface area (Å²) in [6, 6.07) is 3.48. The normalized spacial score (nSPS) is 16.6. The third-order valence-corrected chi connectivity index (χ3v) is 2.81. The van der Waals surface area contributed by atoms with Gasteiger partial charge in [0.25, 0.3) is 0 Å². The fraction of sp³-hybridized carbons (Fsp3) is 0.417. The molecule has 1 aliphatic rings. The van der Waals surface area contributed by atoms with Crippen LogP contribution in [0.2, 0.25) is 0 Å². The van der Waals surface area contributed by atoms with Crippen LogP contribution in [0.3, 0.4) is 0 Å². The van der Waals surface area contributed by atoms with Crippen molar-refractivity contribution in [3.63, 3.8) is 0 Å². The fourth-order valence-electron chi connectivity index (χ4n) is 1.99. The minimum atomic E-state index is -0.774. The van der Waals surface area contributed by atoms with Crippen molar-refractivity contribution in [2.75, 3.05) is 19.6 Å². The second-order valence-corrected chi connectivity index (χ2v) is 4.00. The zero-order valence-corrected chi connectivity index (χ0v) is 8.88. The summed E-state index contributed by atoms with van der Waals surface area (Å²) in [5.41, 5.74) is -0.408. The molecule has 0 unspecified atom stereocenters. The van der Waals surface area contributed by atoms with Crippen LogP contribution in [0.4, 0.5) is 8.78 Å². The lowest BCUT2D eigenvalue weighted by Crippen LogP contribution is -2.27. The molecule has 0 bridgehead atoms. The molecule has 0 N–H and O–H groups in total. The van der Waals surface area contributed by atoms with Crippen molar-refractivity contribution in [1.29, 1.82) is 0 Å². The topological polar surface area (TPSA) is 20.3 Å². The van der Waals surface area contributed by atoms with E-state index in [0.717, 1.165) is 38.1 Å². The van der Waals surface area contributed by atoms with Crippen molar-refractivity contribution < 1.29 is 13.6 Å². The molecule has 16 heavy (non-hydrogen) atoms. The smallest absolute Gasteiger partial charge is 0.182 e. The number of nitrogens with zero attached hydrogens (tertiary/aromatic N) is 1. The van der Waals surface area contributed by atoms with E-state index in [2.05, 4.69) is 0 Å². The molecule has 0 atom stereocenters. The van der Waals surface area contributed by atoms with Crippen LogP contribution in [-0.2, 0) is 0 Å². The van der Waals surface area contributed by atoms with Gasteiger partial charge >= 0.3 is 0 Å². The standard InChI is InChI=1S/C12H13F2NO/c13-9-4-3-5-10(14)12(9)11(16)8-15-6-1-2-7-15/h3-5H,1-2,6-8H2. The molecule has 0 radical (unpaired) electrons. The van der Waals surface area contributed by atoms with E-state index < -0.39 is 23.0 Å². The largest absolute Gasteiger partial charge is 0.296 e. The van der Waals surface area contributed by atoms with Gasteiger partial charge in [0, 0.05) is 0 Å². The summed E-state index contributed by atoms with van der Waals surface area (Å²) in [5.74, 6) is -2.02. The minimum absolute atomic E-state index is 0.109. The number of likely N-dealkylation sites (tertiary alicyclic amines) is 1. The summed E-state index contributed by atoms with van der Waals surface area (Å²) in [6.45, 7) is 1.78. The highest BCUT2D eigenvalue weighted by atomic mass is 19.1. The first kappa shape index (κ1) is 11.2. The highest BCUT2D eigenvalue weighted by Crippen LogP contribution is 2.15. The Morgan fingerprint density at radius 2 is 1.75 bits per heavy atom. The van der Waals surface area contributed by atoms with Gasteiger partial charge in [0.05, 0.1) is 12.1 Å². The number of hydrogen-bond acceptors (Lipinski definition) is 2. The van der Waals surface area contributed by atoms with Gasteiger partial charge < -0.3 is 0 Å². The van der Waals surface area contributed by atoms with E-state index in [0.29, 0.717) is 0 Å². The molecule has 4 heteroatoms. The average molecular weight is 225 g/mol. The molecule has 0 amide bonds. The second-order valence-electron chi connectivity index (χ2n) is 4.00. The van der Waals surface area contributed by atoms with E-state index in [9.17, 15) is 13.6 Å². The molecule has 0 aromatic heterocycles. The van der Waals surface area contributed by atoms with E-state index >= 15 is 0 Å². The fourth-order valence-corrected chi connectivity index (χ4v) is 1.99. The van der Waals surface area contributed by atoms with Crippen molar-refractivity contribution >= 4 is 5.78 Å². The van der Waals surface area contributed by atoms with Crippen molar-refractivity contribution in [3.05, 3.63) is 35.4 Å². The number of benzene rings is 1. The summed E-state index contributed by atoms with van der Waals surface area (Å²) < 4.78 is 26.6. The Balaban J connectivity index is 2.13. The molecule has 1 aromatic carbocycles. The molecule has 1 heterocycles. The highest BCUT2D eigenvalue weighted by molar-refractivity contribution is 5.98. The zero-order chi connectivity index (χ0) is 11.5. The monoisotopic (exact) mass is 225 g/mol. The molecule has 1 saturated heterocycles. The quantitative estimate of drug-likeness (QED) is 0.735. The summed E-state index contributed by atoms with van der Waals surface area (Å²) in [5, 5.41) is 0. The van der Waals surface area contributed by atoms with Crippen LogP contribution in [0.1, 0.15) is 23.2 Å². The van der Waals surface area contributed by atoms with Crippen molar-refractivity contribution in [2.45, 2.75) is 12.8 Å². The van der Waals surface area contributed by atoms with E-state index in [4.69, 9.17) is 0 Å². The Kier molecular flexibility index (Phi) is 3.29. The first-order valence-electron chi connectivity index (χ1n) is 5.38. The predicted octanol–water partition coefficient (Wildman–Crippen LogP) is 2.24. The van der Waals surface area contributed by atoms with Crippen LogP contribution in [0, 0.1) is 11.6 Å². The Hall–Kier alpha value is -1.29. The van der Waals surface area contributed by atoms with Crippen molar-refractivity contribution in [3.8, 4) is 0 Å². The summed E-state index contributed by atoms with van der Waals surface area (Å²) in [6.07, 6.45) is 2.10.